The summed E-state index contributed by atoms with van der Waals surface area (Å²) in [7, 11) is 0. The third kappa shape index (κ3) is 8.20. The molecule has 5 rings (SSSR count). The molecule has 258 valence electrons. The molecule has 0 N–H and O–H groups in total. The van der Waals surface area contributed by atoms with Gasteiger partial charge >= 0.3 is 18.3 Å². The Balaban J connectivity index is 1.52. The van der Waals surface area contributed by atoms with Gasteiger partial charge in [0.25, 0.3) is 5.89 Å². The summed E-state index contributed by atoms with van der Waals surface area (Å²) in [5.41, 5.74) is -1.93. The minimum Gasteiger partial charge on any atom is -0.444 e. The van der Waals surface area contributed by atoms with Gasteiger partial charge in [0, 0.05) is 37.2 Å². The number of amides is 3. The number of hydrogen-bond acceptors (Lipinski definition) is 12. The van der Waals surface area contributed by atoms with Gasteiger partial charge in [-0.1, -0.05) is 18.2 Å². The predicted molar refractivity (Wildman–Crippen MR) is 177 cm³/mol. The molecular formula is C34H45N7O7. The summed E-state index contributed by atoms with van der Waals surface area (Å²) in [6.07, 6.45) is 0.808. The second-order valence-corrected chi connectivity index (χ2v) is 15.3. The van der Waals surface area contributed by atoms with Gasteiger partial charge in [-0.3, -0.25) is 0 Å². The number of hydrogen-bond donors (Lipinski definition) is 0. The van der Waals surface area contributed by atoms with Crippen molar-refractivity contribution >= 4 is 29.9 Å². The maximum absolute atomic E-state index is 13.6. The van der Waals surface area contributed by atoms with Crippen LogP contribution in [0.25, 0.3) is 23.0 Å². The van der Waals surface area contributed by atoms with Crippen molar-refractivity contribution in [3.05, 3.63) is 36.5 Å². The first-order valence-corrected chi connectivity index (χ1v) is 16.1. The molecule has 1 atom stereocenters. The van der Waals surface area contributed by atoms with Crippen molar-refractivity contribution in [3.63, 3.8) is 0 Å². The van der Waals surface area contributed by atoms with E-state index in [1.807, 2.05) is 51.1 Å². The van der Waals surface area contributed by atoms with Gasteiger partial charge in [-0.25, -0.2) is 24.4 Å². The van der Waals surface area contributed by atoms with E-state index < -0.39 is 29.0 Å². The Morgan fingerprint density at radius 2 is 1.38 bits per heavy atom. The molecular weight excluding hydrogens is 618 g/mol. The maximum Gasteiger partial charge on any atom is 0.425 e. The molecule has 1 unspecified atom stereocenters. The Morgan fingerprint density at radius 3 is 1.98 bits per heavy atom. The SMILES string of the molecule is CC(C)(C)OC(=O)N1CCC2(CCN(c3cnc(N(C(=O)OC(C)(C)C)C(=O)OC(C)(C)C)c(-c4nnc(-c5ccccc5)o4)n3)C2)C1. The molecule has 0 aliphatic carbocycles. The highest BCUT2D eigenvalue weighted by Gasteiger charge is 2.46. The maximum atomic E-state index is 13.6. The van der Waals surface area contributed by atoms with Crippen molar-refractivity contribution in [2.75, 3.05) is 36.0 Å². The van der Waals surface area contributed by atoms with Crippen molar-refractivity contribution < 1.29 is 33.0 Å². The highest BCUT2D eigenvalue weighted by molar-refractivity contribution is 6.10. The molecule has 2 aromatic heterocycles. The fourth-order valence-electron chi connectivity index (χ4n) is 5.59. The van der Waals surface area contributed by atoms with E-state index in [-0.39, 0.29) is 34.8 Å². The molecule has 14 heteroatoms. The quantitative estimate of drug-likeness (QED) is 0.273. The van der Waals surface area contributed by atoms with Crippen LogP contribution in [0.15, 0.2) is 40.9 Å². The molecule has 4 heterocycles. The van der Waals surface area contributed by atoms with Gasteiger partial charge in [0.2, 0.25) is 5.89 Å². The minimum atomic E-state index is -1.00. The van der Waals surface area contributed by atoms with Crippen LogP contribution in [0.4, 0.5) is 26.0 Å². The van der Waals surface area contributed by atoms with Gasteiger partial charge in [0.15, 0.2) is 11.5 Å². The number of ether oxygens (including phenoxy) is 3. The largest absolute Gasteiger partial charge is 0.444 e. The number of anilines is 2. The molecule has 48 heavy (non-hydrogen) atoms. The number of carbonyl (C=O) groups excluding carboxylic acids is 3. The number of rotatable bonds is 4. The van der Waals surface area contributed by atoms with Crippen LogP contribution in [0, 0.1) is 5.41 Å². The van der Waals surface area contributed by atoms with E-state index in [2.05, 4.69) is 20.1 Å². The predicted octanol–water partition coefficient (Wildman–Crippen LogP) is 6.71. The molecule has 3 aromatic rings. The van der Waals surface area contributed by atoms with E-state index in [1.54, 1.807) is 46.4 Å². The van der Waals surface area contributed by atoms with Crippen LogP contribution >= 0.6 is 0 Å². The monoisotopic (exact) mass is 663 g/mol. The lowest BCUT2D eigenvalue weighted by atomic mass is 9.86. The van der Waals surface area contributed by atoms with Crippen molar-refractivity contribution in [1.82, 2.24) is 25.1 Å². The molecule has 0 bridgehead atoms. The fourth-order valence-corrected chi connectivity index (χ4v) is 5.59. The molecule has 3 amide bonds. The zero-order valence-electron chi connectivity index (χ0n) is 29.2. The fraction of sp³-hybridized carbons (Fsp3) is 0.559. The third-order valence-corrected chi connectivity index (χ3v) is 7.61. The Hall–Kier alpha value is -4.75. The van der Waals surface area contributed by atoms with E-state index in [4.69, 9.17) is 23.6 Å². The molecule has 0 radical (unpaired) electrons. The average Bonchev–Trinajstić information content (AvgIpc) is 3.72. The molecule has 1 aromatic carbocycles. The van der Waals surface area contributed by atoms with Crippen LogP contribution in [0.3, 0.4) is 0 Å². The van der Waals surface area contributed by atoms with Crippen LogP contribution in [0.5, 0.6) is 0 Å². The molecule has 2 aliphatic heterocycles. The number of carbonyl (C=O) groups is 3. The highest BCUT2D eigenvalue weighted by Crippen LogP contribution is 2.42. The normalized spacial score (nSPS) is 18.3. The van der Waals surface area contributed by atoms with Gasteiger partial charge in [0.05, 0.1) is 6.20 Å². The molecule has 2 saturated heterocycles. The number of likely N-dealkylation sites (tertiary alicyclic amines) is 1. The molecule has 0 saturated carbocycles. The molecule has 14 nitrogen and oxygen atoms in total. The van der Waals surface area contributed by atoms with Crippen molar-refractivity contribution in [3.8, 4) is 23.0 Å². The van der Waals surface area contributed by atoms with Gasteiger partial charge < -0.3 is 28.4 Å². The first kappa shape index (κ1) is 34.6. The van der Waals surface area contributed by atoms with Crippen LogP contribution < -0.4 is 9.80 Å². The van der Waals surface area contributed by atoms with Crippen molar-refractivity contribution in [1.29, 1.82) is 0 Å². The van der Waals surface area contributed by atoms with Crippen molar-refractivity contribution in [2.24, 2.45) is 5.41 Å². The zero-order chi connectivity index (χ0) is 35.1. The van der Waals surface area contributed by atoms with Gasteiger partial charge in [0.1, 0.15) is 22.6 Å². The standard InChI is InChI=1S/C34H45N7O7/c1-31(2,3)46-28(42)40-18-16-34(21-40)15-17-39(20-34)23-19-35-25(41(29(43)47-32(4,5)6)30(44)48-33(7,8)9)24(36-23)27-38-37-26(45-27)22-13-11-10-12-14-22/h10-14,19H,15-18,20-21H2,1-9H3. The van der Waals surface area contributed by atoms with Crippen molar-refractivity contribution in [2.45, 2.75) is 92.0 Å². The molecule has 2 fully saturated rings. The summed E-state index contributed by atoms with van der Waals surface area (Å²) >= 11 is 0. The van der Waals surface area contributed by atoms with Crippen LogP contribution in [-0.2, 0) is 14.2 Å². The smallest absolute Gasteiger partial charge is 0.425 e. The van der Waals surface area contributed by atoms with E-state index in [0.717, 1.165) is 12.8 Å². The van der Waals surface area contributed by atoms with E-state index in [9.17, 15) is 14.4 Å². The summed E-state index contributed by atoms with van der Waals surface area (Å²) in [6.45, 7) is 18.1. The first-order chi connectivity index (χ1) is 22.3. The lowest BCUT2D eigenvalue weighted by Crippen LogP contribution is -2.44. The lowest BCUT2D eigenvalue weighted by molar-refractivity contribution is 0.0274. The topological polar surface area (TPSA) is 153 Å². The van der Waals surface area contributed by atoms with Crippen LogP contribution in [0.1, 0.15) is 75.2 Å². The van der Waals surface area contributed by atoms with Crippen LogP contribution in [-0.4, -0.2) is 86.3 Å². The number of benzene rings is 1. The molecule has 2 aliphatic rings. The lowest BCUT2D eigenvalue weighted by Gasteiger charge is -2.29. The zero-order valence-corrected chi connectivity index (χ0v) is 29.2. The number of aromatic nitrogens is 4. The second kappa shape index (κ2) is 12.7. The van der Waals surface area contributed by atoms with Gasteiger partial charge in [-0.15, -0.1) is 10.2 Å². The van der Waals surface area contributed by atoms with Gasteiger partial charge in [-0.2, -0.15) is 4.90 Å². The Labute approximate surface area is 280 Å². The number of imide groups is 1. The summed E-state index contributed by atoms with van der Waals surface area (Å²) in [4.78, 5) is 54.0. The van der Waals surface area contributed by atoms with Gasteiger partial charge in [-0.05, 0) is 87.3 Å². The van der Waals surface area contributed by atoms with Crippen LogP contribution in [0.2, 0.25) is 0 Å². The first-order valence-electron chi connectivity index (χ1n) is 16.1. The summed E-state index contributed by atoms with van der Waals surface area (Å²) in [6, 6.07) is 9.19. The summed E-state index contributed by atoms with van der Waals surface area (Å²) in [5.74, 6) is 0.463. The van der Waals surface area contributed by atoms with E-state index in [1.165, 1.54) is 6.20 Å². The second-order valence-electron chi connectivity index (χ2n) is 15.3. The van der Waals surface area contributed by atoms with E-state index in [0.29, 0.717) is 42.5 Å². The molecule has 1 spiro atoms. The third-order valence-electron chi connectivity index (χ3n) is 7.61. The average molecular weight is 664 g/mol. The van der Waals surface area contributed by atoms with E-state index >= 15 is 0 Å². The minimum absolute atomic E-state index is 0.00153. The Kier molecular flexibility index (Phi) is 9.15. The summed E-state index contributed by atoms with van der Waals surface area (Å²) in [5, 5.41) is 8.45. The highest BCUT2D eigenvalue weighted by atomic mass is 16.6. The summed E-state index contributed by atoms with van der Waals surface area (Å²) < 4.78 is 22.9. The Morgan fingerprint density at radius 1 is 0.792 bits per heavy atom. The number of nitrogens with zero attached hydrogens (tertiary/aromatic N) is 7. The Bertz CT molecular complexity index is 1630.